The van der Waals surface area contributed by atoms with Gasteiger partial charge in [-0.3, -0.25) is 4.79 Å². The number of carbonyl (C=O) groups excluding carboxylic acids is 1. The molecule has 1 amide bonds. The summed E-state index contributed by atoms with van der Waals surface area (Å²) in [5.41, 5.74) is 2.49. The quantitative estimate of drug-likeness (QED) is 0.841. The van der Waals surface area contributed by atoms with Gasteiger partial charge in [-0.25, -0.2) is 0 Å². The highest BCUT2D eigenvalue weighted by Crippen LogP contribution is 2.04. The lowest BCUT2D eigenvalue weighted by atomic mass is 10.1. The topological polar surface area (TPSA) is 49.3 Å². The number of amides is 1. The molecule has 0 aromatic heterocycles. The number of aliphatic hydroxyl groups excluding tert-OH is 1. The number of rotatable bonds is 4. The molecule has 2 rings (SSSR count). The molecule has 2 N–H and O–H groups in total. The molecule has 21 heavy (non-hydrogen) atoms. The monoisotopic (exact) mass is 279 g/mol. The van der Waals surface area contributed by atoms with Crippen molar-refractivity contribution in [1.29, 1.82) is 0 Å². The minimum Gasteiger partial charge on any atom is -0.384 e. The van der Waals surface area contributed by atoms with E-state index in [1.165, 1.54) is 5.56 Å². The molecule has 3 nitrogen and oxygen atoms in total. The molecule has 106 valence electrons. The van der Waals surface area contributed by atoms with Crippen molar-refractivity contribution < 1.29 is 9.90 Å². The Hall–Kier alpha value is -2.57. The highest BCUT2D eigenvalue weighted by Gasteiger charge is 2.04. The third-order valence-corrected chi connectivity index (χ3v) is 2.98. The molecule has 0 fully saturated rings. The Bertz CT molecular complexity index is 654. The van der Waals surface area contributed by atoms with Crippen LogP contribution in [-0.4, -0.2) is 24.2 Å². The van der Waals surface area contributed by atoms with E-state index in [9.17, 15) is 4.79 Å². The van der Waals surface area contributed by atoms with E-state index in [-0.39, 0.29) is 12.5 Å². The van der Waals surface area contributed by atoms with Gasteiger partial charge in [0, 0.05) is 17.7 Å². The fraction of sp³-hybridized carbons (Fsp3) is 0.167. The third kappa shape index (κ3) is 4.79. The van der Waals surface area contributed by atoms with E-state index in [0.717, 1.165) is 12.0 Å². The summed E-state index contributed by atoms with van der Waals surface area (Å²) in [6.07, 6.45) is 0.802. The van der Waals surface area contributed by atoms with Gasteiger partial charge in [-0.2, -0.15) is 0 Å². The van der Waals surface area contributed by atoms with Crippen molar-refractivity contribution in [2.75, 3.05) is 13.2 Å². The zero-order valence-corrected chi connectivity index (χ0v) is 11.7. The van der Waals surface area contributed by atoms with Gasteiger partial charge in [0.1, 0.15) is 6.61 Å². The molecule has 2 aromatic carbocycles. The van der Waals surface area contributed by atoms with Gasteiger partial charge in [0.15, 0.2) is 0 Å². The Balaban J connectivity index is 1.91. The van der Waals surface area contributed by atoms with Crippen LogP contribution in [-0.2, 0) is 6.42 Å². The van der Waals surface area contributed by atoms with E-state index < -0.39 is 0 Å². The fourth-order valence-corrected chi connectivity index (χ4v) is 1.95. The van der Waals surface area contributed by atoms with E-state index in [4.69, 9.17) is 5.11 Å². The maximum atomic E-state index is 12.1. The number of nitrogens with one attached hydrogen (secondary N) is 1. The molecule has 0 aliphatic heterocycles. The predicted molar refractivity (Wildman–Crippen MR) is 82.9 cm³/mol. The molecule has 0 saturated carbocycles. The summed E-state index contributed by atoms with van der Waals surface area (Å²) >= 11 is 0. The molecule has 0 atom stereocenters. The second-order valence-corrected chi connectivity index (χ2v) is 4.53. The Morgan fingerprint density at radius 2 is 1.90 bits per heavy atom. The second-order valence-electron chi connectivity index (χ2n) is 4.53. The minimum absolute atomic E-state index is 0.112. The normalized spacial score (nSPS) is 9.57. The lowest BCUT2D eigenvalue weighted by molar-refractivity contribution is 0.0954. The second kappa shape index (κ2) is 7.88. The molecule has 0 aliphatic carbocycles. The van der Waals surface area contributed by atoms with Crippen LogP contribution in [0.5, 0.6) is 0 Å². The van der Waals surface area contributed by atoms with Crippen LogP contribution in [0.15, 0.2) is 54.6 Å². The van der Waals surface area contributed by atoms with Crippen molar-refractivity contribution in [3.63, 3.8) is 0 Å². The van der Waals surface area contributed by atoms with Crippen LogP contribution in [0.25, 0.3) is 0 Å². The predicted octanol–water partition coefficient (Wildman–Crippen LogP) is 2.00. The van der Waals surface area contributed by atoms with Gasteiger partial charge in [0.05, 0.1) is 0 Å². The van der Waals surface area contributed by atoms with Crippen LogP contribution in [0.2, 0.25) is 0 Å². The van der Waals surface area contributed by atoms with Gasteiger partial charge in [-0.1, -0.05) is 48.2 Å². The number of benzene rings is 2. The number of aliphatic hydroxyl groups is 1. The molecule has 3 heteroatoms. The van der Waals surface area contributed by atoms with Gasteiger partial charge in [0.25, 0.3) is 5.91 Å². The molecule has 0 aliphatic rings. The van der Waals surface area contributed by atoms with Crippen molar-refractivity contribution in [3.8, 4) is 11.8 Å². The van der Waals surface area contributed by atoms with E-state index >= 15 is 0 Å². The van der Waals surface area contributed by atoms with Crippen LogP contribution < -0.4 is 5.32 Å². The first-order valence-corrected chi connectivity index (χ1v) is 6.81. The summed E-state index contributed by atoms with van der Waals surface area (Å²) in [4.78, 5) is 12.1. The van der Waals surface area contributed by atoms with Crippen molar-refractivity contribution in [1.82, 2.24) is 5.32 Å². The van der Waals surface area contributed by atoms with Gasteiger partial charge < -0.3 is 10.4 Å². The van der Waals surface area contributed by atoms with Crippen molar-refractivity contribution in [2.45, 2.75) is 6.42 Å². The van der Waals surface area contributed by atoms with Crippen LogP contribution in [0.1, 0.15) is 21.5 Å². The first kappa shape index (κ1) is 14.8. The van der Waals surface area contributed by atoms with E-state index in [2.05, 4.69) is 17.2 Å². The molecular weight excluding hydrogens is 262 g/mol. The molecule has 2 aromatic rings. The maximum Gasteiger partial charge on any atom is 0.251 e. The van der Waals surface area contributed by atoms with Crippen LogP contribution in [0.3, 0.4) is 0 Å². The highest BCUT2D eigenvalue weighted by molar-refractivity contribution is 5.94. The molecule has 0 radical (unpaired) electrons. The van der Waals surface area contributed by atoms with E-state index in [0.29, 0.717) is 12.1 Å². The van der Waals surface area contributed by atoms with Gasteiger partial charge in [-0.15, -0.1) is 0 Å². The van der Waals surface area contributed by atoms with Crippen LogP contribution >= 0.6 is 0 Å². The first-order chi connectivity index (χ1) is 10.3. The summed E-state index contributed by atoms with van der Waals surface area (Å²) in [6, 6.07) is 17.1. The first-order valence-electron chi connectivity index (χ1n) is 6.81. The molecular formula is C18H17NO2. The molecule has 0 heterocycles. The smallest absolute Gasteiger partial charge is 0.251 e. The van der Waals surface area contributed by atoms with Crippen LogP contribution in [0, 0.1) is 11.8 Å². The van der Waals surface area contributed by atoms with E-state index in [1.54, 1.807) is 18.2 Å². The number of carbonyl (C=O) groups is 1. The largest absolute Gasteiger partial charge is 0.384 e. The lowest BCUT2D eigenvalue weighted by Gasteiger charge is -2.05. The summed E-state index contributed by atoms with van der Waals surface area (Å²) < 4.78 is 0. The van der Waals surface area contributed by atoms with Crippen LogP contribution in [0.4, 0.5) is 0 Å². The minimum atomic E-state index is -0.187. The molecule has 0 saturated heterocycles. The zero-order valence-electron chi connectivity index (χ0n) is 11.7. The maximum absolute atomic E-state index is 12.1. The number of hydrogen-bond donors (Lipinski definition) is 2. The molecule has 0 bridgehead atoms. The Labute approximate surface area is 124 Å². The van der Waals surface area contributed by atoms with Gasteiger partial charge in [-0.05, 0) is 30.2 Å². The summed E-state index contributed by atoms with van der Waals surface area (Å²) in [5.74, 6) is 5.25. The zero-order chi connectivity index (χ0) is 14.9. The van der Waals surface area contributed by atoms with Crippen molar-refractivity contribution in [2.24, 2.45) is 0 Å². The van der Waals surface area contributed by atoms with E-state index in [1.807, 2.05) is 36.4 Å². The Morgan fingerprint density at radius 3 is 2.67 bits per heavy atom. The average molecular weight is 279 g/mol. The fourth-order valence-electron chi connectivity index (χ4n) is 1.95. The Kier molecular flexibility index (Phi) is 5.57. The Morgan fingerprint density at radius 1 is 1.10 bits per heavy atom. The average Bonchev–Trinajstić information content (AvgIpc) is 2.54. The molecule has 0 spiro atoms. The summed E-state index contributed by atoms with van der Waals surface area (Å²) in [5, 5.41) is 11.6. The summed E-state index contributed by atoms with van der Waals surface area (Å²) in [6.45, 7) is 0.406. The highest BCUT2D eigenvalue weighted by atomic mass is 16.2. The molecule has 0 unspecified atom stereocenters. The van der Waals surface area contributed by atoms with Crippen molar-refractivity contribution in [3.05, 3.63) is 71.3 Å². The lowest BCUT2D eigenvalue weighted by Crippen LogP contribution is -2.25. The van der Waals surface area contributed by atoms with Crippen molar-refractivity contribution >= 4 is 5.91 Å². The standard InChI is InChI=1S/C18H17NO2/c20-13-5-9-16-8-4-10-17(14-16)18(21)19-12-11-15-6-2-1-3-7-15/h1-4,6-8,10,14,20H,11-13H2,(H,19,21). The van der Waals surface area contributed by atoms with Gasteiger partial charge in [0.2, 0.25) is 0 Å². The summed E-state index contributed by atoms with van der Waals surface area (Å²) in [7, 11) is 0. The third-order valence-electron chi connectivity index (χ3n) is 2.98. The number of hydrogen-bond acceptors (Lipinski definition) is 2. The van der Waals surface area contributed by atoms with Gasteiger partial charge >= 0.3 is 0 Å². The SMILES string of the molecule is O=C(NCCc1ccccc1)c1cccc(C#CCO)c1.